The highest BCUT2D eigenvalue weighted by molar-refractivity contribution is 6.30. The van der Waals surface area contributed by atoms with E-state index in [0.717, 1.165) is 19.4 Å². The van der Waals surface area contributed by atoms with Crippen LogP contribution in [0, 0.1) is 5.82 Å². The summed E-state index contributed by atoms with van der Waals surface area (Å²) in [5, 5.41) is 0.179. The smallest absolute Gasteiger partial charge is 0.146 e. The van der Waals surface area contributed by atoms with Gasteiger partial charge in [-0.15, -0.1) is 0 Å². The maximum atomic E-state index is 14.1. The van der Waals surface area contributed by atoms with Crippen LogP contribution in [-0.2, 0) is 0 Å². The number of likely N-dealkylation sites (tertiary alicyclic amines) is 1. The fourth-order valence-electron chi connectivity index (χ4n) is 2.93. The molecule has 0 radical (unpaired) electrons. The Bertz CT molecular complexity index is 411. The minimum atomic E-state index is -0.323. The van der Waals surface area contributed by atoms with Crippen molar-refractivity contribution in [3.8, 4) is 0 Å². The van der Waals surface area contributed by atoms with Crippen molar-refractivity contribution in [2.24, 2.45) is 5.73 Å². The van der Waals surface area contributed by atoms with E-state index in [1.54, 1.807) is 18.2 Å². The van der Waals surface area contributed by atoms with E-state index in [4.69, 9.17) is 17.3 Å². The molecule has 4 heteroatoms. The third-order valence-corrected chi connectivity index (χ3v) is 4.15. The van der Waals surface area contributed by atoms with Crippen LogP contribution in [0.4, 0.5) is 4.39 Å². The summed E-state index contributed by atoms with van der Waals surface area (Å²) in [5.74, 6) is -0.323. The van der Waals surface area contributed by atoms with Crippen LogP contribution in [-0.4, -0.2) is 24.0 Å². The molecule has 2 atom stereocenters. The van der Waals surface area contributed by atoms with Crippen molar-refractivity contribution in [2.75, 3.05) is 13.1 Å². The van der Waals surface area contributed by atoms with Crippen molar-refractivity contribution in [3.63, 3.8) is 0 Å². The molecule has 0 aliphatic carbocycles. The van der Waals surface area contributed by atoms with E-state index in [2.05, 4.69) is 11.8 Å². The van der Waals surface area contributed by atoms with E-state index in [1.807, 2.05) is 0 Å². The van der Waals surface area contributed by atoms with Gasteiger partial charge >= 0.3 is 0 Å². The Labute approximate surface area is 113 Å². The number of benzene rings is 1. The zero-order valence-corrected chi connectivity index (χ0v) is 11.5. The predicted octanol–water partition coefficient (Wildman–Crippen LogP) is 3.35. The summed E-state index contributed by atoms with van der Waals surface area (Å²) in [6.07, 6.45) is 3.42. The number of hydrogen-bond donors (Lipinski definition) is 1. The van der Waals surface area contributed by atoms with Gasteiger partial charge in [0, 0.05) is 18.2 Å². The van der Waals surface area contributed by atoms with Crippen molar-refractivity contribution < 1.29 is 4.39 Å². The third-order valence-electron chi connectivity index (χ3n) is 3.86. The van der Waals surface area contributed by atoms with Crippen molar-refractivity contribution in [1.29, 1.82) is 0 Å². The Kier molecular flexibility index (Phi) is 4.60. The quantitative estimate of drug-likeness (QED) is 0.909. The van der Waals surface area contributed by atoms with Crippen molar-refractivity contribution in [3.05, 3.63) is 34.6 Å². The summed E-state index contributed by atoms with van der Waals surface area (Å²) in [5.41, 5.74) is 6.50. The van der Waals surface area contributed by atoms with Gasteiger partial charge in [0.15, 0.2) is 0 Å². The van der Waals surface area contributed by atoms with Gasteiger partial charge in [0.05, 0.1) is 11.1 Å². The zero-order chi connectivity index (χ0) is 13.1. The summed E-state index contributed by atoms with van der Waals surface area (Å²) in [7, 11) is 0. The Hall–Kier alpha value is -0.640. The van der Waals surface area contributed by atoms with Gasteiger partial charge < -0.3 is 5.73 Å². The summed E-state index contributed by atoms with van der Waals surface area (Å²) in [6.45, 7) is 3.59. The number of nitrogens with zero attached hydrogens (tertiary/aromatic N) is 1. The molecule has 2 nitrogen and oxygen atoms in total. The lowest BCUT2D eigenvalue weighted by atomic mass is 10.0. The molecular weight excluding hydrogens is 251 g/mol. The summed E-state index contributed by atoms with van der Waals surface area (Å²) >= 11 is 5.86. The Balaban J connectivity index is 2.30. The second kappa shape index (κ2) is 6.00. The molecule has 1 fully saturated rings. The number of rotatable bonds is 4. The maximum absolute atomic E-state index is 14.1. The van der Waals surface area contributed by atoms with Crippen LogP contribution in [0.1, 0.15) is 37.8 Å². The van der Waals surface area contributed by atoms with Gasteiger partial charge in [-0.05, 0) is 31.9 Å². The fourth-order valence-corrected chi connectivity index (χ4v) is 3.11. The molecule has 0 spiro atoms. The van der Waals surface area contributed by atoms with E-state index < -0.39 is 0 Å². The van der Waals surface area contributed by atoms with E-state index in [-0.39, 0.29) is 16.9 Å². The molecule has 0 amide bonds. The average Bonchev–Trinajstić information content (AvgIpc) is 2.83. The Morgan fingerprint density at radius 1 is 1.56 bits per heavy atom. The molecular formula is C14H20ClFN2. The molecule has 100 valence electrons. The lowest BCUT2D eigenvalue weighted by molar-refractivity contribution is 0.177. The highest BCUT2D eigenvalue weighted by Gasteiger charge is 2.31. The number of hydrogen-bond acceptors (Lipinski definition) is 2. The van der Waals surface area contributed by atoms with Crippen molar-refractivity contribution >= 4 is 11.6 Å². The number of nitrogens with two attached hydrogens (primary N) is 1. The van der Waals surface area contributed by atoms with Crippen LogP contribution < -0.4 is 5.73 Å². The monoisotopic (exact) mass is 270 g/mol. The molecule has 2 rings (SSSR count). The zero-order valence-electron chi connectivity index (χ0n) is 10.7. The van der Waals surface area contributed by atoms with Gasteiger partial charge in [0.2, 0.25) is 0 Å². The fraction of sp³-hybridized carbons (Fsp3) is 0.571. The first kappa shape index (κ1) is 13.8. The van der Waals surface area contributed by atoms with Gasteiger partial charge in [-0.25, -0.2) is 4.39 Å². The highest BCUT2D eigenvalue weighted by atomic mass is 35.5. The third kappa shape index (κ3) is 2.53. The normalized spacial score (nSPS) is 22.3. The molecule has 1 aromatic rings. The van der Waals surface area contributed by atoms with Gasteiger partial charge in [0.25, 0.3) is 0 Å². The van der Waals surface area contributed by atoms with Crippen LogP contribution in [0.2, 0.25) is 5.02 Å². The lowest BCUT2D eigenvalue weighted by Gasteiger charge is -2.32. The minimum absolute atomic E-state index is 0.0591. The second-order valence-electron chi connectivity index (χ2n) is 4.84. The standard InChI is InChI=1S/C14H20ClFN2/c1-2-10-5-4-8-18(10)13(9-17)11-6-3-7-12(15)14(11)16/h3,6-7,10,13H,2,4-5,8-9,17H2,1H3. The van der Waals surface area contributed by atoms with Crippen molar-refractivity contribution in [2.45, 2.75) is 38.3 Å². The summed E-state index contributed by atoms with van der Waals surface area (Å²) < 4.78 is 14.1. The van der Waals surface area contributed by atoms with Crippen LogP contribution in [0.25, 0.3) is 0 Å². The first-order valence-corrected chi connectivity index (χ1v) is 6.96. The lowest BCUT2D eigenvalue weighted by Crippen LogP contribution is -2.37. The van der Waals surface area contributed by atoms with Crippen molar-refractivity contribution in [1.82, 2.24) is 4.90 Å². The number of halogens is 2. The molecule has 1 aliphatic heterocycles. The molecule has 1 saturated heterocycles. The predicted molar refractivity (Wildman–Crippen MR) is 73.2 cm³/mol. The van der Waals surface area contributed by atoms with Crippen LogP contribution in [0.15, 0.2) is 18.2 Å². The highest BCUT2D eigenvalue weighted by Crippen LogP contribution is 2.33. The molecule has 1 aliphatic rings. The van der Waals surface area contributed by atoms with Gasteiger partial charge in [-0.3, -0.25) is 4.90 Å². The van der Waals surface area contributed by atoms with Gasteiger partial charge in [-0.1, -0.05) is 30.7 Å². The molecule has 2 unspecified atom stereocenters. The molecule has 2 N–H and O–H groups in total. The molecule has 0 saturated carbocycles. The van der Waals surface area contributed by atoms with Crippen LogP contribution >= 0.6 is 11.6 Å². The van der Waals surface area contributed by atoms with E-state index >= 15 is 0 Å². The first-order valence-electron chi connectivity index (χ1n) is 6.58. The Morgan fingerprint density at radius 2 is 2.33 bits per heavy atom. The topological polar surface area (TPSA) is 29.3 Å². The van der Waals surface area contributed by atoms with Gasteiger partial charge in [-0.2, -0.15) is 0 Å². The van der Waals surface area contributed by atoms with Gasteiger partial charge in [0.1, 0.15) is 5.82 Å². The minimum Gasteiger partial charge on any atom is -0.329 e. The maximum Gasteiger partial charge on any atom is 0.146 e. The molecule has 1 heterocycles. The first-order chi connectivity index (χ1) is 8.69. The summed E-state index contributed by atoms with van der Waals surface area (Å²) in [6, 6.07) is 5.62. The molecule has 18 heavy (non-hydrogen) atoms. The molecule has 0 bridgehead atoms. The molecule has 0 aromatic heterocycles. The largest absolute Gasteiger partial charge is 0.329 e. The van der Waals surface area contributed by atoms with E-state index in [9.17, 15) is 4.39 Å². The second-order valence-corrected chi connectivity index (χ2v) is 5.24. The van der Waals surface area contributed by atoms with E-state index in [0.29, 0.717) is 18.2 Å². The Morgan fingerprint density at radius 3 is 3.00 bits per heavy atom. The van der Waals surface area contributed by atoms with Crippen LogP contribution in [0.3, 0.4) is 0 Å². The van der Waals surface area contributed by atoms with Crippen LogP contribution in [0.5, 0.6) is 0 Å². The molecule has 1 aromatic carbocycles. The average molecular weight is 271 g/mol. The summed E-state index contributed by atoms with van der Waals surface area (Å²) in [4.78, 5) is 2.33. The SMILES string of the molecule is CCC1CCCN1C(CN)c1cccc(Cl)c1F. The van der Waals surface area contributed by atoms with E-state index in [1.165, 1.54) is 6.42 Å².